The lowest BCUT2D eigenvalue weighted by atomic mass is 10.2. The Morgan fingerprint density at radius 3 is 2.88 bits per heavy atom. The quantitative estimate of drug-likeness (QED) is 0.873. The molecule has 90 valence electrons. The molecule has 4 nitrogen and oxygen atoms in total. The first-order valence-corrected chi connectivity index (χ1v) is 5.16. The fourth-order valence-electron chi connectivity index (χ4n) is 1.47. The second-order valence-electron chi connectivity index (χ2n) is 3.62. The van der Waals surface area contributed by atoms with Gasteiger partial charge in [0.15, 0.2) is 5.82 Å². The maximum Gasteiger partial charge on any atom is 0.164 e. The summed E-state index contributed by atoms with van der Waals surface area (Å²) in [5, 5.41) is 7.06. The van der Waals surface area contributed by atoms with Crippen LogP contribution in [0.1, 0.15) is 11.4 Å². The lowest BCUT2D eigenvalue weighted by Crippen LogP contribution is -2.08. The van der Waals surface area contributed by atoms with Crippen molar-refractivity contribution >= 4 is 0 Å². The third-order valence-electron chi connectivity index (χ3n) is 2.27. The largest absolute Gasteiger partial charge is 0.313 e. The normalized spacial score (nSPS) is 10.8. The molecule has 17 heavy (non-hydrogen) atoms. The van der Waals surface area contributed by atoms with E-state index in [0.717, 1.165) is 6.07 Å². The minimum absolute atomic E-state index is 0.239. The van der Waals surface area contributed by atoms with Gasteiger partial charge in [0.05, 0.1) is 13.1 Å². The summed E-state index contributed by atoms with van der Waals surface area (Å²) < 4.78 is 27.6. The molecule has 2 aromatic rings. The maximum atomic E-state index is 13.4. The van der Waals surface area contributed by atoms with Crippen molar-refractivity contribution in [2.75, 3.05) is 7.05 Å². The van der Waals surface area contributed by atoms with Gasteiger partial charge in [-0.1, -0.05) is 6.07 Å². The smallest absolute Gasteiger partial charge is 0.164 e. The van der Waals surface area contributed by atoms with Gasteiger partial charge in [-0.2, -0.15) is 5.10 Å². The molecule has 0 unspecified atom stereocenters. The van der Waals surface area contributed by atoms with Crippen LogP contribution in [0.25, 0.3) is 0 Å². The van der Waals surface area contributed by atoms with Gasteiger partial charge in [-0.15, -0.1) is 0 Å². The molecule has 0 atom stereocenters. The van der Waals surface area contributed by atoms with Gasteiger partial charge >= 0.3 is 0 Å². The highest BCUT2D eigenvalue weighted by Crippen LogP contribution is 2.10. The summed E-state index contributed by atoms with van der Waals surface area (Å²) in [5.74, 6) is -0.522. The number of hydrogen-bond donors (Lipinski definition) is 1. The molecule has 1 aromatic heterocycles. The Hall–Kier alpha value is -1.82. The molecule has 0 saturated heterocycles. The Kier molecular flexibility index (Phi) is 3.43. The highest BCUT2D eigenvalue weighted by atomic mass is 19.1. The summed E-state index contributed by atoms with van der Waals surface area (Å²) in [5.41, 5.74) is 0.382. The van der Waals surface area contributed by atoms with Gasteiger partial charge in [0.25, 0.3) is 0 Å². The Bertz CT molecular complexity index is 510. The number of aromatic nitrogens is 3. The second kappa shape index (κ2) is 5.01. The van der Waals surface area contributed by atoms with E-state index in [4.69, 9.17) is 0 Å². The number of rotatable bonds is 4. The van der Waals surface area contributed by atoms with E-state index in [1.807, 2.05) is 0 Å². The van der Waals surface area contributed by atoms with Gasteiger partial charge in [-0.25, -0.2) is 18.4 Å². The monoisotopic (exact) mass is 238 g/mol. The third-order valence-corrected chi connectivity index (χ3v) is 2.27. The van der Waals surface area contributed by atoms with Crippen molar-refractivity contribution in [2.45, 2.75) is 13.1 Å². The van der Waals surface area contributed by atoms with Crippen LogP contribution in [-0.4, -0.2) is 21.8 Å². The van der Waals surface area contributed by atoms with Crippen LogP contribution in [0.15, 0.2) is 24.5 Å². The van der Waals surface area contributed by atoms with E-state index < -0.39 is 11.6 Å². The first-order chi connectivity index (χ1) is 8.19. The van der Waals surface area contributed by atoms with Crippen LogP contribution >= 0.6 is 0 Å². The van der Waals surface area contributed by atoms with Crippen LogP contribution in [0.4, 0.5) is 8.78 Å². The van der Waals surface area contributed by atoms with Gasteiger partial charge in [-0.3, -0.25) is 0 Å². The predicted octanol–water partition coefficient (Wildman–Crippen LogP) is 1.32. The summed E-state index contributed by atoms with van der Waals surface area (Å²) in [6.07, 6.45) is 1.52. The van der Waals surface area contributed by atoms with E-state index in [1.54, 1.807) is 7.05 Å². The molecule has 0 radical (unpaired) electrons. The van der Waals surface area contributed by atoms with E-state index in [9.17, 15) is 8.78 Å². The number of hydrogen-bond acceptors (Lipinski definition) is 3. The van der Waals surface area contributed by atoms with Crippen molar-refractivity contribution in [1.82, 2.24) is 20.1 Å². The molecule has 0 aliphatic heterocycles. The van der Waals surface area contributed by atoms with E-state index in [-0.39, 0.29) is 6.54 Å². The molecular weight excluding hydrogens is 226 g/mol. The average Bonchev–Trinajstić information content (AvgIpc) is 2.71. The maximum absolute atomic E-state index is 13.4. The van der Waals surface area contributed by atoms with E-state index in [0.29, 0.717) is 17.9 Å². The lowest BCUT2D eigenvalue weighted by molar-refractivity contribution is 0.556. The number of halogens is 2. The number of nitrogens with one attached hydrogen (secondary N) is 1. The van der Waals surface area contributed by atoms with E-state index in [1.165, 1.54) is 23.1 Å². The fourth-order valence-corrected chi connectivity index (χ4v) is 1.47. The predicted molar refractivity (Wildman–Crippen MR) is 58.2 cm³/mol. The molecule has 0 spiro atoms. The minimum atomic E-state index is -0.583. The summed E-state index contributed by atoms with van der Waals surface area (Å²) in [7, 11) is 1.79. The van der Waals surface area contributed by atoms with Gasteiger partial charge in [0, 0.05) is 11.6 Å². The number of benzene rings is 1. The molecule has 0 amide bonds. The Labute approximate surface area is 97.3 Å². The molecule has 0 aliphatic carbocycles. The molecule has 0 fully saturated rings. The average molecular weight is 238 g/mol. The summed E-state index contributed by atoms with van der Waals surface area (Å²) >= 11 is 0. The molecule has 2 rings (SSSR count). The van der Waals surface area contributed by atoms with Crippen LogP contribution < -0.4 is 5.32 Å². The number of nitrogens with zero attached hydrogens (tertiary/aromatic N) is 3. The molecule has 6 heteroatoms. The highest BCUT2D eigenvalue weighted by Gasteiger charge is 2.06. The zero-order valence-electron chi connectivity index (χ0n) is 9.32. The standard InChI is InChI=1S/C11H12F2N4/c1-14-5-11-15-7-17(16-11)6-8-2-3-9(12)4-10(8)13/h2-4,7,14H,5-6H2,1H3. The second-order valence-corrected chi connectivity index (χ2v) is 3.62. The van der Waals surface area contributed by atoms with Crippen LogP contribution in [0, 0.1) is 11.6 Å². The molecule has 1 heterocycles. The van der Waals surface area contributed by atoms with Crippen LogP contribution in [0.5, 0.6) is 0 Å². The lowest BCUT2D eigenvalue weighted by Gasteiger charge is -2.02. The topological polar surface area (TPSA) is 42.7 Å². The molecular formula is C11H12F2N4. The van der Waals surface area contributed by atoms with Crippen molar-refractivity contribution in [3.63, 3.8) is 0 Å². The van der Waals surface area contributed by atoms with Crippen LogP contribution in [0.2, 0.25) is 0 Å². The molecule has 1 N–H and O–H groups in total. The Balaban J connectivity index is 2.13. The van der Waals surface area contributed by atoms with Crippen molar-refractivity contribution in [3.05, 3.63) is 47.5 Å². The van der Waals surface area contributed by atoms with Crippen LogP contribution in [-0.2, 0) is 13.1 Å². The van der Waals surface area contributed by atoms with Gasteiger partial charge in [0.1, 0.15) is 18.0 Å². The minimum Gasteiger partial charge on any atom is -0.313 e. The molecule has 1 aromatic carbocycles. The first-order valence-electron chi connectivity index (χ1n) is 5.16. The SMILES string of the molecule is CNCc1ncn(Cc2ccc(F)cc2F)n1. The van der Waals surface area contributed by atoms with Gasteiger partial charge in [0.2, 0.25) is 0 Å². The van der Waals surface area contributed by atoms with Crippen LogP contribution in [0.3, 0.4) is 0 Å². The Morgan fingerprint density at radius 1 is 1.35 bits per heavy atom. The highest BCUT2D eigenvalue weighted by molar-refractivity contribution is 5.18. The summed E-state index contributed by atoms with van der Waals surface area (Å²) in [6, 6.07) is 3.49. The zero-order chi connectivity index (χ0) is 12.3. The Morgan fingerprint density at radius 2 is 2.18 bits per heavy atom. The van der Waals surface area contributed by atoms with Crippen molar-refractivity contribution in [3.8, 4) is 0 Å². The molecule has 0 bridgehead atoms. The summed E-state index contributed by atoms with van der Waals surface area (Å²) in [6.45, 7) is 0.793. The van der Waals surface area contributed by atoms with Gasteiger partial charge < -0.3 is 5.32 Å². The zero-order valence-corrected chi connectivity index (χ0v) is 9.32. The molecule has 0 aliphatic rings. The van der Waals surface area contributed by atoms with Crippen molar-refractivity contribution < 1.29 is 8.78 Å². The first kappa shape index (κ1) is 11.7. The van der Waals surface area contributed by atoms with E-state index in [2.05, 4.69) is 15.4 Å². The van der Waals surface area contributed by atoms with Crippen molar-refractivity contribution in [1.29, 1.82) is 0 Å². The van der Waals surface area contributed by atoms with E-state index >= 15 is 0 Å². The molecule has 0 saturated carbocycles. The van der Waals surface area contributed by atoms with Gasteiger partial charge in [-0.05, 0) is 13.1 Å². The van der Waals surface area contributed by atoms with Crippen molar-refractivity contribution in [2.24, 2.45) is 0 Å². The third kappa shape index (κ3) is 2.85. The fraction of sp³-hybridized carbons (Fsp3) is 0.273. The summed E-state index contributed by atoms with van der Waals surface area (Å²) in [4.78, 5) is 4.04.